The molecule has 0 saturated carbocycles. The summed E-state index contributed by atoms with van der Waals surface area (Å²) in [5.74, 6) is -0.461. The summed E-state index contributed by atoms with van der Waals surface area (Å²) in [7, 11) is -0.0193. The highest BCUT2D eigenvalue weighted by Gasteiger charge is 2.34. The van der Waals surface area contributed by atoms with Crippen molar-refractivity contribution in [3.8, 4) is 11.5 Å². The van der Waals surface area contributed by atoms with E-state index < -0.39 is 34.4 Å². The number of hydrogen-bond donors (Lipinski definition) is 1. The summed E-state index contributed by atoms with van der Waals surface area (Å²) >= 11 is 12.2. The van der Waals surface area contributed by atoms with Crippen molar-refractivity contribution in [3.63, 3.8) is 0 Å². The molecule has 0 saturated heterocycles. The topological polar surface area (TPSA) is 105 Å². The minimum Gasteiger partial charge on any atom is -0.493 e. The van der Waals surface area contributed by atoms with Gasteiger partial charge in [0.1, 0.15) is 12.6 Å². The molecule has 0 aliphatic heterocycles. The van der Waals surface area contributed by atoms with Crippen LogP contribution in [0.25, 0.3) is 0 Å². The Hall–Kier alpha value is -4.25. The van der Waals surface area contributed by atoms with Gasteiger partial charge < -0.3 is 19.7 Å². The van der Waals surface area contributed by atoms with Crippen LogP contribution < -0.4 is 19.1 Å². The molecule has 0 bridgehead atoms. The molecular formula is C33H33Cl2N3O6S. The third-order valence-electron chi connectivity index (χ3n) is 7.12. The van der Waals surface area contributed by atoms with Crippen LogP contribution in [0.4, 0.5) is 5.69 Å². The first-order valence-electron chi connectivity index (χ1n) is 13.9. The number of sulfonamides is 1. The molecule has 0 radical (unpaired) electrons. The highest BCUT2D eigenvalue weighted by molar-refractivity contribution is 7.92. The Morgan fingerprint density at radius 3 is 1.98 bits per heavy atom. The third-order valence-corrected chi connectivity index (χ3v) is 9.39. The zero-order valence-corrected chi connectivity index (χ0v) is 27.3. The van der Waals surface area contributed by atoms with E-state index in [0.717, 1.165) is 9.87 Å². The molecule has 9 nitrogen and oxygen atoms in total. The molecular weight excluding hydrogens is 637 g/mol. The first-order valence-corrected chi connectivity index (χ1v) is 16.1. The molecule has 236 valence electrons. The third kappa shape index (κ3) is 8.27. The molecule has 0 heterocycles. The summed E-state index contributed by atoms with van der Waals surface area (Å²) in [6.45, 7) is -0.597. The second-order valence-corrected chi connectivity index (χ2v) is 12.7. The van der Waals surface area contributed by atoms with Crippen LogP contribution in [0.3, 0.4) is 0 Å². The number of likely N-dealkylation sites (N-methyl/N-ethyl adjacent to an activating group) is 1. The number of methoxy groups -OCH3 is 2. The van der Waals surface area contributed by atoms with Crippen LogP contribution in [0.1, 0.15) is 11.1 Å². The maximum absolute atomic E-state index is 14.4. The zero-order chi connectivity index (χ0) is 32.6. The van der Waals surface area contributed by atoms with Crippen molar-refractivity contribution in [3.05, 3.63) is 118 Å². The van der Waals surface area contributed by atoms with Crippen molar-refractivity contribution in [2.45, 2.75) is 23.9 Å². The van der Waals surface area contributed by atoms with Crippen molar-refractivity contribution in [2.75, 3.05) is 32.1 Å². The molecule has 0 aliphatic rings. The summed E-state index contributed by atoms with van der Waals surface area (Å²) in [4.78, 5) is 29.0. The highest BCUT2D eigenvalue weighted by Crippen LogP contribution is 2.33. The summed E-state index contributed by atoms with van der Waals surface area (Å²) in [6.07, 6.45) is 0.198. The van der Waals surface area contributed by atoms with Crippen LogP contribution >= 0.6 is 23.2 Å². The van der Waals surface area contributed by atoms with Crippen LogP contribution in [-0.2, 0) is 32.6 Å². The van der Waals surface area contributed by atoms with E-state index in [0.29, 0.717) is 21.4 Å². The fraction of sp³-hybridized carbons (Fsp3) is 0.212. The standard InChI is InChI=1S/C33H33Cl2N3O6S/c1-36-33(40)29(19-23-7-5-4-6-8-23)37(21-24-9-11-25(34)12-10-24)32(39)22-38(27-15-13-26(35)14-16-27)45(41,42)28-17-18-30(43-2)31(20-28)44-3/h4-18,20,29H,19,21-22H2,1-3H3,(H,36,40)/t29-/m0/s1. The van der Waals surface area contributed by atoms with E-state index in [-0.39, 0.29) is 29.3 Å². The average Bonchev–Trinajstić information content (AvgIpc) is 3.06. The van der Waals surface area contributed by atoms with E-state index in [4.69, 9.17) is 32.7 Å². The van der Waals surface area contributed by atoms with Gasteiger partial charge in [-0.2, -0.15) is 0 Å². The molecule has 1 N–H and O–H groups in total. The normalized spacial score (nSPS) is 11.8. The van der Waals surface area contributed by atoms with Gasteiger partial charge in [0.15, 0.2) is 11.5 Å². The zero-order valence-electron chi connectivity index (χ0n) is 24.9. The second-order valence-electron chi connectivity index (χ2n) is 9.97. The average molecular weight is 671 g/mol. The van der Waals surface area contributed by atoms with Crippen molar-refractivity contribution < 1.29 is 27.5 Å². The Morgan fingerprint density at radius 2 is 1.40 bits per heavy atom. The molecule has 45 heavy (non-hydrogen) atoms. The fourth-order valence-electron chi connectivity index (χ4n) is 4.75. The van der Waals surface area contributed by atoms with E-state index in [2.05, 4.69) is 5.32 Å². The highest BCUT2D eigenvalue weighted by atomic mass is 35.5. The number of halogens is 2. The second kappa shape index (κ2) is 15.2. The Bertz CT molecular complexity index is 1720. The van der Waals surface area contributed by atoms with E-state index in [9.17, 15) is 18.0 Å². The van der Waals surface area contributed by atoms with Crippen LogP contribution in [0.2, 0.25) is 10.0 Å². The molecule has 0 unspecified atom stereocenters. The van der Waals surface area contributed by atoms with E-state index in [1.165, 1.54) is 68.6 Å². The number of ether oxygens (including phenoxy) is 2. The number of carbonyl (C=O) groups excluding carboxylic acids is 2. The van der Waals surface area contributed by atoms with Gasteiger partial charge in [0.05, 0.1) is 24.8 Å². The molecule has 12 heteroatoms. The van der Waals surface area contributed by atoms with Gasteiger partial charge in [-0.25, -0.2) is 8.42 Å². The predicted molar refractivity (Wildman–Crippen MR) is 176 cm³/mol. The van der Waals surface area contributed by atoms with Crippen LogP contribution in [0.5, 0.6) is 11.5 Å². The number of benzene rings is 4. The maximum Gasteiger partial charge on any atom is 0.264 e. The Morgan fingerprint density at radius 1 is 0.800 bits per heavy atom. The van der Waals surface area contributed by atoms with E-state index >= 15 is 0 Å². The van der Waals surface area contributed by atoms with Gasteiger partial charge in [0, 0.05) is 36.1 Å². The van der Waals surface area contributed by atoms with E-state index in [1.807, 2.05) is 30.3 Å². The van der Waals surface area contributed by atoms with Gasteiger partial charge in [0.2, 0.25) is 11.8 Å². The quantitative estimate of drug-likeness (QED) is 0.199. The van der Waals surface area contributed by atoms with Crippen molar-refractivity contribution in [1.29, 1.82) is 0 Å². The molecule has 4 aromatic rings. The molecule has 0 fully saturated rings. The number of nitrogens with one attached hydrogen (secondary N) is 1. The molecule has 0 spiro atoms. The smallest absolute Gasteiger partial charge is 0.264 e. The molecule has 0 aromatic heterocycles. The van der Waals surface area contributed by atoms with Gasteiger partial charge >= 0.3 is 0 Å². The van der Waals surface area contributed by atoms with Crippen molar-refractivity contribution >= 4 is 50.7 Å². The van der Waals surface area contributed by atoms with Gasteiger partial charge in [-0.3, -0.25) is 13.9 Å². The lowest BCUT2D eigenvalue weighted by Gasteiger charge is -2.33. The number of carbonyl (C=O) groups is 2. The van der Waals surface area contributed by atoms with Gasteiger partial charge in [-0.1, -0.05) is 65.7 Å². The lowest BCUT2D eigenvalue weighted by molar-refractivity contribution is -0.139. The van der Waals surface area contributed by atoms with Crippen LogP contribution in [-0.4, -0.2) is 59.0 Å². The summed E-state index contributed by atoms with van der Waals surface area (Å²) in [5, 5.41) is 3.56. The van der Waals surface area contributed by atoms with Crippen LogP contribution in [0.15, 0.2) is 102 Å². The van der Waals surface area contributed by atoms with E-state index in [1.54, 1.807) is 24.3 Å². The van der Waals surface area contributed by atoms with Crippen molar-refractivity contribution in [2.24, 2.45) is 0 Å². The number of hydrogen-bond acceptors (Lipinski definition) is 6. The number of anilines is 1. The van der Waals surface area contributed by atoms with Gasteiger partial charge in [0.25, 0.3) is 10.0 Å². The van der Waals surface area contributed by atoms with Gasteiger partial charge in [-0.05, 0) is 59.7 Å². The molecule has 4 aromatic carbocycles. The lowest BCUT2D eigenvalue weighted by atomic mass is 10.0. The molecule has 2 amide bonds. The maximum atomic E-state index is 14.4. The lowest BCUT2D eigenvalue weighted by Crippen LogP contribution is -2.53. The minimum absolute atomic E-state index is 0.0196. The Balaban J connectivity index is 1.80. The van der Waals surface area contributed by atoms with Crippen LogP contribution in [0, 0.1) is 0 Å². The SMILES string of the molecule is CNC(=O)[C@H](Cc1ccccc1)N(Cc1ccc(Cl)cc1)C(=O)CN(c1ccc(Cl)cc1)S(=O)(=O)c1ccc(OC)c(OC)c1. The minimum atomic E-state index is -4.35. The Labute approximate surface area is 273 Å². The first-order chi connectivity index (χ1) is 21.6. The largest absolute Gasteiger partial charge is 0.493 e. The van der Waals surface area contributed by atoms with Gasteiger partial charge in [-0.15, -0.1) is 0 Å². The summed E-state index contributed by atoms with van der Waals surface area (Å²) in [6, 6.07) is 25.5. The molecule has 1 atom stereocenters. The monoisotopic (exact) mass is 669 g/mol. The van der Waals surface area contributed by atoms with Crippen molar-refractivity contribution in [1.82, 2.24) is 10.2 Å². The number of rotatable bonds is 13. The molecule has 4 rings (SSSR count). The summed E-state index contributed by atoms with van der Waals surface area (Å²) in [5.41, 5.74) is 1.73. The first kappa shape index (κ1) is 33.6. The Kier molecular flexibility index (Phi) is 11.3. The number of amides is 2. The number of nitrogens with zero attached hydrogens (tertiary/aromatic N) is 2. The fourth-order valence-corrected chi connectivity index (χ4v) is 6.43. The summed E-state index contributed by atoms with van der Waals surface area (Å²) < 4.78 is 40.1. The predicted octanol–water partition coefficient (Wildman–Crippen LogP) is 5.59. The molecule has 0 aliphatic carbocycles.